The number of nitrogens with zero attached hydrogens (tertiary/aromatic N) is 4. The Hall–Kier alpha value is -3.61. The third-order valence-electron chi connectivity index (χ3n) is 6.98. The van der Waals surface area contributed by atoms with Gasteiger partial charge in [-0.3, -0.25) is 14.6 Å². The molecule has 4 rings (SSSR count). The number of nitrogens with one attached hydrogen (secondary N) is 1. The third kappa shape index (κ3) is 4.30. The van der Waals surface area contributed by atoms with Crippen molar-refractivity contribution < 1.29 is 22.8 Å². The number of nitriles is 1. The van der Waals surface area contributed by atoms with Crippen molar-refractivity contribution in [2.75, 3.05) is 38.1 Å². The van der Waals surface area contributed by atoms with E-state index in [1.165, 1.54) is 12.1 Å². The molecule has 10 heteroatoms. The first-order valence-electron chi connectivity index (χ1n) is 11.0. The van der Waals surface area contributed by atoms with Crippen molar-refractivity contribution in [3.63, 3.8) is 0 Å². The number of alkyl halides is 3. The minimum atomic E-state index is -4.66. The Morgan fingerprint density at radius 1 is 1.18 bits per heavy atom. The zero-order chi connectivity index (χ0) is 24.5. The van der Waals surface area contributed by atoms with E-state index in [1.54, 1.807) is 47.4 Å². The fourth-order valence-electron chi connectivity index (χ4n) is 5.10. The van der Waals surface area contributed by atoms with Crippen molar-refractivity contribution in [3.8, 4) is 6.07 Å². The summed E-state index contributed by atoms with van der Waals surface area (Å²) in [6.45, 7) is 1.56. The van der Waals surface area contributed by atoms with Gasteiger partial charge < -0.3 is 15.1 Å². The van der Waals surface area contributed by atoms with E-state index in [-0.39, 0.29) is 18.4 Å². The molecule has 1 spiro atoms. The SMILES string of the molecule is CNC(=O)C1CN(c2ccc(C#N)c(C(F)(F)F)c2)CC12CCN(C(=O)c1ccncc1)CC2. The highest BCUT2D eigenvalue weighted by atomic mass is 19.4. The van der Waals surface area contributed by atoms with E-state index in [1.807, 2.05) is 0 Å². The van der Waals surface area contributed by atoms with Gasteiger partial charge in [0.05, 0.1) is 23.1 Å². The molecule has 1 aromatic carbocycles. The van der Waals surface area contributed by atoms with Gasteiger partial charge in [-0.25, -0.2) is 0 Å². The summed E-state index contributed by atoms with van der Waals surface area (Å²) in [4.78, 5) is 33.1. The second-order valence-corrected chi connectivity index (χ2v) is 8.78. The van der Waals surface area contributed by atoms with Crippen LogP contribution in [0.25, 0.3) is 0 Å². The molecule has 7 nitrogen and oxygen atoms in total. The summed E-state index contributed by atoms with van der Waals surface area (Å²) in [5.74, 6) is -0.702. The summed E-state index contributed by atoms with van der Waals surface area (Å²) in [5.41, 5.74) is -1.02. The first-order valence-corrected chi connectivity index (χ1v) is 11.0. The molecule has 1 atom stereocenters. The molecule has 0 aliphatic carbocycles. The number of aromatic nitrogens is 1. The highest BCUT2D eigenvalue weighted by molar-refractivity contribution is 5.94. The Kier molecular flexibility index (Phi) is 6.21. The number of hydrogen-bond acceptors (Lipinski definition) is 5. The van der Waals surface area contributed by atoms with Gasteiger partial charge in [0, 0.05) is 62.3 Å². The molecule has 178 valence electrons. The Morgan fingerprint density at radius 2 is 1.85 bits per heavy atom. The van der Waals surface area contributed by atoms with Crippen LogP contribution in [0.4, 0.5) is 18.9 Å². The van der Waals surface area contributed by atoms with Crippen molar-refractivity contribution in [1.29, 1.82) is 5.26 Å². The van der Waals surface area contributed by atoms with Crippen molar-refractivity contribution in [2.24, 2.45) is 11.3 Å². The molecule has 1 unspecified atom stereocenters. The predicted molar refractivity (Wildman–Crippen MR) is 118 cm³/mol. The molecule has 0 saturated carbocycles. The maximum Gasteiger partial charge on any atom is 0.417 e. The van der Waals surface area contributed by atoms with E-state index in [2.05, 4.69) is 10.3 Å². The average Bonchev–Trinajstić information content (AvgIpc) is 3.22. The van der Waals surface area contributed by atoms with Gasteiger partial charge in [0.15, 0.2) is 0 Å². The van der Waals surface area contributed by atoms with Crippen LogP contribution in [0.3, 0.4) is 0 Å². The number of carbonyl (C=O) groups is 2. The number of carbonyl (C=O) groups excluding carboxylic acids is 2. The molecule has 2 fully saturated rings. The first-order chi connectivity index (χ1) is 16.2. The van der Waals surface area contributed by atoms with Gasteiger partial charge >= 0.3 is 6.18 Å². The van der Waals surface area contributed by atoms with Crippen LogP contribution >= 0.6 is 0 Å². The molecular formula is C24H24F3N5O2. The molecule has 1 N–H and O–H groups in total. The summed E-state index contributed by atoms with van der Waals surface area (Å²) in [7, 11) is 1.55. The zero-order valence-electron chi connectivity index (χ0n) is 18.6. The van der Waals surface area contributed by atoms with E-state index in [9.17, 15) is 22.8 Å². The number of anilines is 1. The van der Waals surface area contributed by atoms with E-state index < -0.39 is 28.6 Å². The molecule has 1 aromatic heterocycles. The first kappa shape index (κ1) is 23.5. The number of halogens is 3. The van der Waals surface area contributed by atoms with Crippen LogP contribution in [0, 0.1) is 22.7 Å². The molecule has 2 amide bonds. The highest BCUT2D eigenvalue weighted by Crippen LogP contribution is 2.47. The Balaban J connectivity index is 1.58. The lowest BCUT2D eigenvalue weighted by Crippen LogP contribution is -2.49. The Bertz CT molecular complexity index is 1120. The lowest BCUT2D eigenvalue weighted by Gasteiger charge is -2.42. The van der Waals surface area contributed by atoms with Crippen molar-refractivity contribution in [1.82, 2.24) is 15.2 Å². The van der Waals surface area contributed by atoms with E-state index >= 15 is 0 Å². The van der Waals surface area contributed by atoms with Crippen molar-refractivity contribution in [3.05, 3.63) is 59.4 Å². The number of amides is 2. The molecular weight excluding hydrogens is 447 g/mol. The summed E-state index contributed by atoms with van der Waals surface area (Å²) in [6.07, 6.45) is -0.428. The topological polar surface area (TPSA) is 89.3 Å². The van der Waals surface area contributed by atoms with Crippen LogP contribution < -0.4 is 10.2 Å². The zero-order valence-corrected chi connectivity index (χ0v) is 18.6. The molecule has 2 saturated heterocycles. The van der Waals surface area contributed by atoms with E-state index in [0.29, 0.717) is 43.7 Å². The fraction of sp³-hybridized carbons (Fsp3) is 0.417. The number of benzene rings is 1. The van der Waals surface area contributed by atoms with Gasteiger partial charge in [-0.1, -0.05) is 0 Å². The quantitative estimate of drug-likeness (QED) is 0.743. The summed E-state index contributed by atoms with van der Waals surface area (Å²) in [6, 6.07) is 8.56. The van der Waals surface area contributed by atoms with E-state index in [4.69, 9.17) is 5.26 Å². The maximum absolute atomic E-state index is 13.5. The molecule has 2 aliphatic heterocycles. The van der Waals surface area contributed by atoms with Crippen LogP contribution in [0.2, 0.25) is 0 Å². The van der Waals surface area contributed by atoms with Crippen LogP contribution in [-0.2, 0) is 11.0 Å². The lowest BCUT2D eigenvalue weighted by atomic mass is 9.70. The minimum absolute atomic E-state index is 0.106. The minimum Gasteiger partial charge on any atom is -0.370 e. The van der Waals surface area contributed by atoms with Crippen LogP contribution in [-0.4, -0.2) is 54.9 Å². The van der Waals surface area contributed by atoms with Crippen LogP contribution in [0.15, 0.2) is 42.7 Å². The smallest absolute Gasteiger partial charge is 0.370 e. The van der Waals surface area contributed by atoms with Crippen LogP contribution in [0.5, 0.6) is 0 Å². The number of rotatable bonds is 3. The molecule has 2 aliphatic rings. The number of piperidine rings is 1. The molecule has 34 heavy (non-hydrogen) atoms. The number of likely N-dealkylation sites (tertiary alicyclic amines) is 1. The molecule has 0 bridgehead atoms. The number of hydrogen-bond donors (Lipinski definition) is 1. The van der Waals surface area contributed by atoms with Gasteiger partial charge in [0.2, 0.25) is 5.91 Å². The Labute approximate surface area is 195 Å². The molecule has 2 aromatic rings. The van der Waals surface area contributed by atoms with Gasteiger partial charge in [-0.15, -0.1) is 0 Å². The maximum atomic E-state index is 13.5. The third-order valence-corrected chi connectivity index (χ3v) is 6.98. The van der Waals surface area contributed by atoms with Gasteiger partial charge in [0.1, 0.15) is 0 Å². The average molecular weight is 471 g/mol. The van der Waals surface area contributed by atoms with Gasteiger partial charge in [-0.05, 0) is 43.2 Å². The summed E-state index contributed by atoms with van der Waals surface area (Å²) in [5, 5.41) is 11.8. The van der Waals surface area contributed by atoms with Crippen LogP contribution in [0.1, 0.15) is 34.3 Å². The monoisotopic (exact) mass is 471 g/mol. The van der Waals surface area contributed by atoms with E-state index in [0.717, 1.165) is 6.07 Å². The second kappa shape index (κ2) is 8.97. The van der Waals surface area contributed by atoms with Gasteiger partial charge in [0.25, 0.3) is 5.91 Å². The number of pyridine rings is 1. The molecule has 3 heterocycles. The summed E-state index contributed by atoms with van der Waals surface area (Å²) >= 11 is 0. The second-order valence-electron chi connectivity index (χ2n) is 8.78. The normalized spacial score (nSPS) is 19.7. The van der Waals surface area contributed by atoms with Crippen molar-refractivity contribution >= 4 is 17.5 Å². The molecule has 0 radical (unpaired) electrons. The predicted octanol–water partition coefficient (Wildman–Crippen LogP) is 3.08. The standard InChI is InChI=1S/C24H24F3N5O2/c1-29-21(33)20-14-32(18-3-2-17(13-28)19(12-18)24(25,26)27)15-23(20)6-10-31(11-7-23)22(34)16-4-8-30-9-5-16/h2-5,8-9,12,20H,6-7,10-11,14-15H2,1H3,(H,29,33). The largest absolute Gasteiger partial charge is 0.417 e. The highest BCUT2D eigenvalue weighted by Gasteiger charge is 2.51. The van der Waals surface area contributed by atoms with Crippen molar-refractivity contribution in [2.45, 2.75) is 19.0 Å². The fourth-order valence-corrected chi connectivity index (χ4v) is 5.10. The van der Waals surface area contributed by atoms with Gasteiger partial charge in [-0.2, -0.15) is 18.4 Å². The lowest BCUT2D eigenvalue weighted by molar-refractivity contribution is -0.137. The summed E-state index contributed by atoms with van der Waals surface area (Å²) < 4.78 is 40.5. The Morgan fingerprint density at radius 3 is 2.44 bits per heavy atom.